The maximum atomic E-state index is 11.3. The molecule has 1 aromatic carbocycles. The van der Waals surface area contributed by atoms with E-state index in [0.717, 1.165) is 17.5 Å². The summed E-state index contributed by atoms with van der Waals surface area (Å²) in [5.74, 6) is -1.23. The van der Waals surface area contributed by atoms with E-state index in [1.54, 1.807) is 7.11 Å². The minimum atomic E-state index is -0.775. The van der Waals surface area contributed by atoms with Gasteiger partial charge in [-0.2, -0.15) is 0 Å². The van der Waals surface area contributed by atoms with Crippen LogP contribution in [0.5, 0.6) is 0 Å². The van der Waals surface area contributed by atoms with E-state index in [1.165, 1.54) is 0 Å². The van der Waals surface area contributed by atoms with Gasteiger partial charge in [-0.05, 0) is 25.3 Å². The molecule has 0 saturated heterocycles. The molecule has 106 valence electrons. The Labute approximate surface area is 114 Å². The van der Waals surface area contributed by atoms with Crippen molar-refractivity contribution < 1.29 is 19.4 Å². The number of carboxylic acids is 1. The van der Waals surface area contributed by atoms with E-state index in [1.807, 2.05) is 31.2 Å². The van der Waals surface area contributed by atoms with Crippen LogP contribution in [-0.2, 0) is 14.3 Å². The van der Waals surface area contributed by atoms with Gasteiger partial charge >= 0.3 is 5.97 Å². The zero-order chi connectivity index (χ0) is 14.1. The molecule has 1 rings (SSSR count). The van der Waals surface area contributed by atoms with Gasteiger partial charge in [0.15, 0.2) is 0 Å². The Bertz CT molecular complexity index is 389. The Morgan fingerprint density at radius 3 is 2.74 bits per heavy atom. The molecule has 0 saturated carbocycles. The van der Waals surface area contributed by atoms with Gasteiger partial charge in [0.05, 0.1) is 19.1 Å². The molecule has 0 aliphatic carbocycles. The van der Waals surface area contributed by atoms with Gasteiger partial charge in [-0.1, -0.05) is 29.8 Å². The fourth-order valence-corrected chi connectivity index (χ4v) is 1.95. The predicted octanol–water partition coefficient (Wildman–Crippen LogP) is 2.61. The number of aliphatic carboxylic acids is 1. The quantitative estimate of drug-likeness (QED) is 0.698. The molecule has 4 heteroatoms. The number of rotatable bonds is 9. The summed E-state index contributed by atoms with van der Waals surface area (Å²) in [6, 6.07) is 7.67. The van der Waals surface area contributed by atoms with Crippen LogP contribution in [0.15, 0.2) is 24.3 Å². The summed E-state index contributed by atoms with van der Waals surface area (Å²) in [4.78, 5) is 11.3. The smallest absolute Gasteiger partial charge is 0.310 e. The van der Waals surface area contributed by atoms with Crippen molar-refractivity contribution in [2.45, 2.75) is 25.7 Å². The van der Waals surface area contributed by atoms with Gasteiger partial charge in [0, 0.05) is 13.7 Å². The van der Waals surface area contributed by atoms with Crippen LogP contribution in [0.1, 0.15) is 29.9 Å². The summed E-state index contributed by atoms with van der Waals surface area (Å²) in [7, 11) is 1.63. The number of hydrogen-bond acceptors (Lipinski definition) is 3. The van der Waals surface area contributed by atoms with Gasteiger partial charge in [-0.15, -0.1) is 0 Å². The predicted molar refractivity (Wildman–Crippen MR) is 73.5 cm³/mol. The lowest BCUT2D eigenvalue weighted by molar-refractivity contribution is -0.139. The van der Waals surface area contributed by atoms with Gasteiger partial charge in [-0.25, -0.2) is 0 Å². The van der Waals surface area contributed by atoms with Crippen LogP contribution in [0.3, 0.4) is 0 Å². The molecule has 0 amide bonds. The van der Waals surface area contributed by atoms with Crippen molar-refractivity contribution in [2.75, 3.05) is 26.9 Å². The van der Waals surface area contributed by atoms with Crippen molar-refractivity contribution in [2.24, 2.45) is 0 Å². The Morgan fingerprint density at radius 2 is 2.11 bits per heavy atom. The third-order valence-corrected chi connectivity index (χ3v) is 2.96. The van der Waals surface area contributed by atoms with Crippen LogP contribution < -0.4 is 0 Å². The summed E-state index contributed by atoms with van der Waals surface area (Å²) < 4.78 is 10.2. The molecular formula is C15H22O4. The highest BCUT2D eigenvalue weighted by Gasteiger charge is 2.19. The zero-order valence-electron chi connectivity index (χ0n) is 11.6. The van der Waals surface area contributed by atoms with Crippen molar-refractivity contribution in [3.8, 4) is 0 Å². The zero-order valence-corrected chi connectivity index (χ0v) is 11.6. The molecule has 1 unspecified atom stereocenters. The lowest BCUT2D eigenvalue weighted by Crippen LogP contribution is -2.13. The maximum absolute atomic E-state index is 11.3. The third-order valence-electron chi connectivity index (χ3n) is 2.96. The van der Waals surface area contributed by atoms with E-state index >= 15 is 0 Å². The van der Waals surface area contributed by atoms with Crippen LogP contribution in [0.25, 0.3) is 0 Å². The fourth-order valence-electron chi connectivity index (χ4n) is 1.95. The van der Waals surface area contributed by atoms with Crippen LogP contribution in [-0.4, -0.2) is 38.0 Å². The summed E-state index contributed by atoms with van der Waals surface area (Å²) in [5, 5.41) is 9.30. The van der Waals surface area contributed by atoms with E-state index in [4.69, 9.17) is 9.47 Å². The van der Waals surface area contributed by atoms with Crippen LogP contribution in [0.4, 0.5) is 0 Å². The van der Waals surface area contributed by atoms with Gasteiger partial charge in [0.2, 0.25) is 0 Å². The number of aryl methyl sites for hydroxylation is 1. The molecule has 1 atom stereocenters. The van der Waals surface area contributed by atoms with E-state index in [9.17, 15) is 9.90 Å². The summed E-state index contributed by atoms with van der Waals surface area (Å²) in [6.45, 7) is 3.66. The van der Waals surface area contributed by atoms with Gasteiger partial charge in [0.25, 0.3) is 0 Å². The van der Waals surface area contributed by atoms with Crippen LogP contribution >= 0.6 is 0 Å². The lowest BCUT2D eigenvalue weighted by Gasteiger charge is -2.13. The molecule has 1 N–H and O–H groups in total. The molecular weight excluding hydrogens is 244 g/mol. The lowest BCUT2D eigenvalue weighted by atomic mass is 9.93. The molecule has 1 aromatic rings. The largest absolute Gasteiger partial charge is 0.481 e. The van der Waals surface area contributed by atoms with Gasteiger partial charge < -0.3 is 14.6 Å². The highest BCUT2D eigenvalue weighted by atomic mass is 16.5. The van der Waals surface area contributed by atoms with E-state index in [-0.39, 0.29) is 0 Å². The van der Waals surface area contributed by atoms with E-state index in [2.05, 4.69) is 0 Å². The van der Waals surface area contributed by atoms with E-state index in [0.29, 0.717) is 26.2 Å². The van der Waals surface area contributed by atoms with Crippen molar-refractivity contribution in [3.05, 3.63) is 35.4 Å². The molecule has 4 nitrogen and oxygen atoms in total. The first-order chi connectivity index (χ1) is 9.15. The Kier molecular flexibility index (Phi) is 7.15. The van der Waals surface area contributed by atoms with Crippen molar-refractivity contribution in [1.82, 2.24) is 0 Å². The van der Waals surface area contributed by atoms with Crippen molar-refractivity contribution >= 4 is 5.97 Å². The Morgan fingerprint density at radius 1 is 1.32 bits per heavy atom. The molecule has 0 aromatic heterocycles. The van der Waals surface area contributed by atoms with Gasteiger partial charge in [-0.3, -0.25) is 4.79 Å². The minimum Gasteiger partial charge on any atom is -0.481 e. The number of hydrogen-bond donors (Lipinski definition) is 1. The van der Waals surface area contributed by atoms with E-state index < -0.39 is 11.9 Å². The van der Waals surface area contributed by atoms with Crippen molar-refractivity contribution in [1.29, 1.82) is 0 Å². The number of methoxy groups -OCH3 is 1. The Balaban J connectivity index is 2.44. The molecule has 0 heterocycles. The SMILES string of the molecule is COCCOCCCC(C(=O)O)c1cccc(C)c1. The first kappa shape index (κ1) is 15.7. The number of ether oxygens (including phenoxy) is 2. The molecule has 0 spiro atoms. The second kappa shape index (κ2) is 8.67. The summed E-state index contributed by atoms with van der Waals surface area (Å²) in [6.07, 6.45) is 1.32. The normalized spacial score (nSPS) is 12.3. The topological polar surface area (TPSA) is 55.8 Å². The van der Waals surface area contributed by atoms with Crippen LogP contribution in [0.2, 0.25) is 0 Å². The molecule has 0 aliphatic heterocycles. The standard InChI is InChI=1S/C15H22O4/c1-12-5-3-6-13(11-12)14(15(16)17)7-4-8-19-10-9-18-2/h3,5-6,11,14H,4,7-10H2,1-2H3,(H,16,17). The summed E-state index contributed by atoms with van der Waals surface area (Å²) >= 11 is 0. The Hall–Kier alpha value is -1.39. The summed E-state index contributed by atoms with van der Waals surface area (Å²) in [5.41, 5.74) is 1.95. The highest BCUT2D eigenvalue weighted by molar-refractivity contribution is 5.76. The molecule has 0 bridgehead atoms. The highest BCUT2D eigenvalue weighted by Crippen LogP contribution is 2.22. The first-order valence-corrected chi connectivity index (χ1v) is 6.51. The third kappa shape index (κ3) is 5.85. The number of carbonyl (C=O) groups is 1. The molecule has 19 heavy (non-hydrogen) atoms. The van der Waals surface area contributed by atoms with Crippen LogP contribution in [0, 0.1) is 6.92 Å². The van der Waals surface area contributed by atoms with Crippen molar-refractivity contribution in [3.63, 3.8) is 0 Å². The number of carboxylic acid groups (broad SMARTS) is 1. The monoisotopic (exact) mass is 266 g/mol. The maximum Gasteiger partial charge on any atom is 0.310 e. The average molecular weight is 266 g/mol. The average Bonchev–Trinajstić information content (AvgIpc) is 2.37. The first-order valence-electron chi connectivity index (χ1n) is 6.51. The second-order valence-electron chi connectivity index (χ2n) is 4.55. The fraction of sp³-hybridized carbons (Fsp3) is 0.533. The number of benzene rings is 1. The second-order valence-corrected chi connectivity index (χ2v) is 4.55. The molecule has 0 fully saturated rings. The molecule has 0 aliphatic rings. The minimum absolute atomic E-state index is 0.453. The van der Waals surface area contributed by atoms with Gasteiger partial charge in [0.1, 0.15) is 0 Å². The molecule has 0 radical (unpaired) electrons.